The summed E-state index contributed by atoms with van der Waals surface area (Å²) in [6, 6.07) is 3.47. The quantitative estimate of drug-likeness (QED) is 0.315. The van der Waals surface area contributed by atoms with Crippen molar-refractivity contribution in [1.82, 2.24) is 24.4 Å². The molecule has 3 aromatic heterocycles. The predicted molar refractivity (Wildman–Crippen MR) is 104 cm³/mol. The van der Waals surface area contributed by atoms with Crippen molar-refractivity contribution in [2.24, 2.45) is 0 Å². The molecule has 0 aliphatic heterocycles. The van der Waals surface area contributed by atoms with Crippen LogP contribution in [0.5, 0.6) is 5.88 Å². The third-order valence-electron chi connectivity index (χ3n) is 4.42. The second kappa shape index (κ2) is 8.57. The molecule has 13 heteroatoms. The first-order valence-electron chi connectivity index (χ1n) is 8.86. The standard InChI is InChI=1S/C19H12F5N5O2S/c1-31-17-14(22)6-10(7-25-17)28-18(30)15-2-3-26-29(15)27-19(28)32-8-11-12(20)4-9(16(23)24)5-13(11)21/h2-7,16H,8H2,1H3. The van der Waals surface area contributed by atoms with Crippen LogP contribution in [0.3, 0.4) is 0 Å². The second-order valence-corrected chi connectivity index (χ2v) is 7.31. The molecule has 0 unspecified atom stereocenters. The molecule has 0 bridgehead atoms. The van der Waals surface area contributed by atoms with Gasteiger partial charge >= 0.3 is 0 Å². The Morgan fingerprint density at radius 3 is 2.47 bits per heavy atom. The van der Waals surface area contributed by atoms with Gasteiger partial charge in [-0.15, -0.1) is 9.73 Å². The van der Waals surface area contributed by atoms with Crippen molar-refractivity contribution in [3.8, 4) is 11.6 Å². The third-order valence-corrected chi connectivity index (χ3v) is 5.38. The van der Waals surface area contributed by atoms with E-state index in [2.05, 4.69) is 15.2 Å². The maximum Gasteiger partial charge on any atom is 0.285 e. The molecule has 0 atom stereocenters. The Kier molecular flexibility index (Phi) is 5.82. The highest BCUT2D eigenvalue weighted by molar-refractivity contribution is 7.98. The first kappa shape index (κ1) is 21.7. The van der Waals surface area contributed by atoms with Gasteiger partial charge < -0.3 is 4.74 Å². The second-order valence-electron chi connectivity index (χ2n) is 6.37. The number of rotatable bonds is 6. The van der Waals surface area contributed by atoms with Gasteiger partial charge in [0.15, 0.2) is 16.5 Å². The molecular formula is C19H12F5N5O2S. The summed E-state index contributed by atoms with van der Waals surface area (Å²) in [4.78, 5) is 16.8. The SMILES string of the molecule is COc1ncc(-n2c(SCc3c(F)cc(C(F)F)cc3F)nn3nccc3c2=O)cc1F. The Morgan fingerprint density at radius 2 is 1.84 bits per heavy atom. The molecule has 0 saturated heterocycles. The van der Waals surface area contributed by atoms with Crippen LogP contribution in [0.1, 0.15) is 17.6 Å². The molecule has 7 nitrogen and oxygen atoms in total. The topological polar surface area (TPSA) is 74.3 Å². The fraction of sp³-hybridized carbons (Fsp3) is 0.158. The summed E-state index contributed by atoms with van der Waals surface area (Å²) < 4.78 is 75.0. The van der Waals surface area contributed by atoms with E-state index in [1.165, 1.54) is 25.6 Å². The van der Waals surface area contributed by atoms with Crippen molar-refractivity contribution >= 4 is 17.3 Å². The van der Waals surface area contributed by atoms with Crippen LogP contribution in [0.15, 0.2) is 46.6 Å². The Bertz CT molecular complexity index is 1350. The monoisotopic (exact) mass is 469 g/mol. The molecule has 4 rings (SSSR count). The maximum atomic E-state index is 14.2. The Hall–Kier alpha value is -3.48. The van der Waals surface area contributed by atoms with Gasteiger partial charge in [0.05, 0.1) is 25.2 Å². The van der Waals surface area contributed by atoms with Gasteiger partial charge in [0, 0.05) is 22.9 Å². The molecule has 166 valence electrons. The van der Waals surface area contributed by atoms with Crippen molar-refractivity contribution in [2.75, 3.05) is 7.11 Å². The fourth-order valence-corrected chi connectivity index (χ4v) is 3.89. The minimum absolute atomic E-state index is 0.0130. The lowest BCUT2D eigenvalue weighted by molar-refractivity contribution is 0.150. The van der Waals surface area contributed by atoms with E-state index in [1.54, 1.807) is 0 Å². The molecule has 4 aromatic rings. The van der Waals surface area contributed by atoms with E-state index in [-0.39, 0.29) is 22.2 Å². The predicted octanol–water partition coefficient (Wildman–Crippen LogP) is 3.93. The summed E-state index contributed by atoms with van der Waals surface area (Å²) in [6.45, 7) is 0. The zero-order valence-corrected chi connectivity index (χ0v) is 16.9. The van der Waals surface area contributed by atoms with E-state index in [4.69, 9.17) is 4.74 Å². The number of pyridine rings is 1. The summed E-state index contributed by atoms with van der Waals surface area (Å²) in [5, 5.41) is 7.94. The lowest BCUT2D eigenvalue weighted by Gasteiger charge is -2.13. The average Bonchev–Trinajstić information content (AvgIpc) is 3.22. The summed E-state index contributed by atoms with van der Waals surface area (Å²) in [5.41, 5.74) is -1.87. The van der Waals surface area contributed by atoms with E-state index in [0.29, 0.717) is 12.1 Å². The van der Waals surface area contributed by atoms with Crippen molar-refractivity contribution in [2.45, 2.75) is 17.3 Å². The van der Waals surface area contributed by atoms with Crippen LogP contribution in [-0.2, 0) is 5.75 Å². The molecule has 0 fully saturated rings. The number of nitrogens with zero attached hydrogens (tertiary/aromatic N) is 5. The highest BCUT2D eigenvalue weighted by Gasteiger charge is 2.20. The third kappa shape index (κ3) is 3.90. The lowest BCUT2D eigenvalue weighted by Crippen LogP contribution is -2.25. The number of alkyl halides is 2. The Labute approximate surface area is 180 Å². The van der Waals surface area contributed by atoms with Gasteiger partial charge in [-0.1, -0.05) is 11.8 Å². The number of ether oxygens (including phenoxy) is 1. The molecule has 0 N–H and O–H groups in total. The van der Waals surface area contributed by atoms with Crippen LogP contribution >= 0.6 is 11.8 Å². The Morgan fingerprint density at radius 1 is 1.12 bits per heavy atom. The number of aromatic nitrogens is 5. The number of thioether (sulfide) groups is 1. The maximum absolute atomic E-state index is 14.2. The Balaban J connectivity index is 1.79. The summed E-state index contributed by atoms with van der Waals surface area (Å²) >= 11 is 0.728. The molecular weight excluding hydrogens is 457 g/mol. The van der Waals surface area contributed by atoms with E-state index in [0.717, 1.165) is 27.0 Å². The van der Waals surface area contributed by atoms with Crippen molar-refractivity contribution < 1.29 is 26.7 Å². The highest BCUT2D eigenvalue weighted by Crippen LogP contribution is 2.29. The van der Waals surface area contributed by atoms with E-state index < -0.39 is 46.3 Å². The van der Waals surface area contributed by atoms with Crippen LogP contribution in [0.4, 0.5) is 22.0 Å². The molecule has 0 aliphatic rings. The van der Waals surface area contributed by atoms with Gasteiger partial charge in [0.25, 0.3) is 12.0 Å². The van der Waals surface area contributed by atoms with Gasteiger partial charge in [0.2, 0.25) is 5.88 Å². The zero-order valence-electron chi connectivity index (χ0n) is 16.1. The van der Waals surface area contributed by atoms with Gasteiger partial charge in [-0.2, -0.15) is 5.10 Å². The number of methoxy groups -OCH3 is 1. The minimum Gasteiger partial charge on any atom is -0.479 e. The van der Waals surface area contributed by atoms with Gasteiger partial charge in [-0.05, 0) is 18.2 Å². The molecule has 3 heterocycles. The van der Waals surface area contributed by atoms with Gasteiger partial charge in [-0.3, -0.25) is 9.36 Å². The molecule has 1 aromatic carbocycles. The molecule has 0 aliphatic carbocycles. The summed E-state index contributed by atoms with van der Waals surface area (Å²) in [5.74, 6) is -3.87. The normalized spacial score (nSPS) is 11.5. The molecule has 0 amide bonds. The van der Waals surface area contributed by atoms with Gasteiger partial charge in [0.1, 0.15) is 11.6 Å². The van der Waals surface area contributed by atoms with Crippen molar-refractivity contribution in [3.63, 3.8) is 0 Å². The average molecular weight is 469 g/mol. The van der Waals surface area contributed by atoms with Crippen LogP contribution in [0, 0.1) is 17.5 Å². The zero-order chi connectivity index (χ0) is 23.0. The highest BCUT2D eigenvalue weighted by atomic mass is 32.2. The van der Waals surface area contributed by atoms with E-state index in [1.807, 2.05) is 0 Å². The molecule has 0 saturated carbocycles. The van der Waals surface area contributed by atoms with E-state index in [9.17, 15) is 26.7 Å². The number of halogens is 5. The molecule has 0 radical (unpaired) electrons. The van der Waals surface area contributed by atoms with Gasteiger partial charge in [-0.25, -0.2) is 26.9 Å². The lowest BCUT2D eigenvalue weighted by atomic mass is 10.1. The van der Waals surface area contributed by atoms with Crippen LogP contribution in [-0.4, -0.2) is 31.5 Å². The first-order valence-corrected chi connectivity index (χ1v) is 9.84. The van der Waals surface area contributed by atoms with Crippen LogP contribution < -0.4 is 10.3 Å². The minimum atomic E-state index is -3.03. The smallest absolute Gasteiger partial charge is 0.285 e. The van der Waals surface area contributed by atoms with Crippen LogP contribution in [0.25, 0.3) is 11.2 Å². The summed E-state index contributed by atoms with van der Waals surface area (Å²) in [7, 11) is 1.22. The summed E-state index contributed by atoms with van der Waals surface area (Å²) in [6.07, 6.45) is -0.551. The number of benzene rings is 1. The first-order chi connectivity index (χ1) is 15.3. The fourth-order valence-electron chi connectivity index (χ4n) is 2.89. The van der Waals surface area contributed by atoms with E-state index >= 15 is 0 Å². The number of hydrogen-bond donors (Lipinski definition) is 0. The number of fused-ring (bicyclic) bond motifs is 1. The molecule has 32 heavy (non-hydrogen) atoms. The van der Waals surface area contributed by atoms with Crippen molar-refractivity contribution in [3.05, 3.63) is 75.6 Å². The largest absolute Gasteiger partial charge is 0.479 e. The number of hydrogen-bond acceptors (Lipinski definition) is 6. The molecule has 0 spiro atoms. The van der Waals surface area contributed by atoms with Crippen molar-refractivity contribution in [1.29, 1.82) is 0 Å². The van der Waals surface area contributed by atoms with Crippen LogP contribution in [0.2, 0.25) is 0 Å².